The van der Waals surface area contributed by atoms with Crippen molar-refractivity contribution >= 4 is 76.7 Å². The molecule has 1 aliphatic heterocycles. The van der Waals surface area contributed by atoms with E-state index in [1.54, 1.807) is 0 Å². The Labute approximate surface area is 275 Å². The minimum absolute atomic E-state index is 0.243. The smallest absolute Gasteiger partial charge is 0.146 e. The Bertz CT molecular complexity index is 2830. The fourth-order valence-corrected chi connectivity index (χ4v) is 8.14. The van der Waals surface area contributed by atoms with E-state index in [1.165, 1.54) is 43.4 Å². The highest BCUT2D eigenvalue weighted by atomic mass is 16.3. The molecule has 224 valence electrons. The predicted octanol–water partition coefficient (Wildman–Crippen LogP) is 11.4. The quantitative estimate of drug-likeness (QED) is 0.215. The summed E-state index contributed by atoms with van der Waals surface area (Å²) < 4.78 is 9.11. The van der Waals surface area contributed by atoms with Crippen LogP contribution in [-0.4, -0.2) is 10.3 Å². The van der Waals surface area contributed by atoms with Gasteiger partial charge in [-0.25, -0.2) is 0 Å². The third kappa shape index (κ3) is 3.46. The predicted molar refractivity (Wildman–Crippen MR) is 199 cm³/mol. The van der Waals surface area contributed by atoms with Crippen LogP contribution in [0.1, 0.15) is 22.9 Å². The normalized spacial score (nSPS) is 14.8. The lowest BCUT2D eigenvalue weighted by Crippen LogP contribution is -2.20. The van der Waals surface area contributed by atoms with Crippen LogP contribution in [0.5, 0.6) is 0 Å². The number of hydrogen-bond acceptors (Lipinski definition) is 3. The first-order chi connectivity index (χ1) is 23.8. The van der Waals surface area contributed by atoms with Crippen LogP contribution in [0, 0.1) is 0 Å². The summed E-state index contributed by atoms with van der Waals surface area (Å²) in [5.74, 6) is 0. The number of hydrogen-bond donors (Lipinski definition) is 1. The molecule has 0 fully saturated rings. The fraction of sp³-hybridized carbons (Fsp3) is 0.0227. The van der Waals surface area contributed by atoms with Gasteiger partial charge in [-0.05, 0) is 52.6 Å². The van der Waals surface area contributed by atoms with Crippen LogP contribution < -0.4 is 5.32 Å². The molecule has 8 aromatic carbocycles. The second kappa shape index (κ2) is 9.57. The van der Waals surface area contributed by atoms with E-state index in [4.69, 9.17) is 9.41 Å². The molecule has 1 aliphatic rings. The minimum atomic E-state index is -0.243. The molecule has 1 N–H and O–H groups in total. The van der Waals surface area contributed by atoms with Crippen LogP contribution in [0.15, 0.2) is 161 Å². The lowest BCUT2D eigenvalue weighted by molar-refractivity contribution is 0.664. The fourth-order valence-electron chi connectivity index (χ4n) is 8.14. The van der Waals surface area contributed by atoms with E-state index in [0.29, 0.717) is 0 Å². The summed E-state index contributed by atoms with van der Waals surface area (Å²) in [4.78, 5) is 5.38. The summed E-state index contributed by atoms with van der Waals surface area (Å²) in [6.07, 6.45) is -0.243. The van der Waals surface area contributed by atoms with Crippen molar-refractivity contribution in [1.82, 2.24) is 4.57 Å². The van der Waals surface area contributed by atoms with Crippen molar-refractivity contribution in [2.75, 3.05) is 5.32 Å². The molecular formula is C44H27N3O. The molecule has 1 atom stereocenters. The van der Waals surface area contributed by atoms with Crippen LogP contribution in [0.4, 0.5) is 5.69 Å². The Kier molecular flexibility index (Phi) is 5.13. The maximum Gasteiger partial charge on any atom is 0.146 e. The van der Waals surface area contributed by atoms with Gasteiger partial charge in [-0.2, -0.15) is 0 Å². The zero-order valence-electron chi connectivity index (χ0n) is 25.8. The minimum Gasteiger partial charge on any atom is -0.456 e. The molecule has 0 spiro atoms. The molecule has 1 unspecified atom stereocenters. The number of para-hydroxylation sites is 1. The third-order valence-electron chi connectivity index (χ3n) is 10.2. The molecule has 0 radical (unpaired) electrons. The van der Waals surface area contributed by atoms with E-state index < -0.39 is 0 Å². The average molecular weight is 614 g/mol. The molecule has 0 amide bonds. The summed E-state index contributed by atoms with van der Waals surface area (Å²) in [5, 5.41) is 13.3. The number of nitrogens with zero attached hydrogens (tertiary/aromatic N) is 2. The van der Waals surface area contributed by atoms with Crippen molar-refractivity contribution in [3.8, 4) is 5.69 Å². The van der Waals surface area contributed by atoms with Crippen LogP contribution in [0.3, 0.4) is 0 Å². The van der Waals surface area contributed by atoms with Gasteiger partial charge in [-0.15, -0.1) is 0 Å². The number of aromatic nitrogens is 1. The molecule has 0 bridgehead atoms. The van der Waals surface area contributed by atoms with Crippen molar-refractivity contribution in [2.24, 2.45) is 4.99 Å². The number of aliphatic imine (C=N–C) groups is 1. The van der Waals surface area contributed by atoms with Crippen LogP contribution in [-0.2, 0) is 0 Å². The van der Waals surface area contributed by atoms with Gasteiger partial charge in [0.25, 0.3) is 0 Å². The lowest BCUT2D eigenvalue weighted by Gasteiger charge is -2.27. The Hall–Kier alpha value is -6.39. The maximum absolute atomic E-state index is 6.65. The summed E-state index contributed by atoms with van der Waals surface area (Å²) in [6, 6.07) is 54.0. The van der Waals surface area contributed by atoms with E-state index >= 15 is 0 Å². The monoisotopic (exact) mass is 613 g/mol. The van der Waals surface area contributed by atoms with Crippen molar-refractivity contribution in [1.29, 1.82) is 0 Å². The van der Waals surface area contributed by atoms with Gasteiger partial charge in [0, 0.05) is 49.3 Å². The largest absolute Gasteiger partial charge is 0.456 e. The van der Waals surface area contributed by atoms with Gasteiger partial charge in [0.2, 0.25) is 0 Å². The maximum atomic E-state index is 6.65. The van der Waals surface area contributed by atoms with Crippen LogP contribution in [0.2, 0.25) is 0 Å². The Morgan fingerprint density at radius 1 is 0.521 bits per heavy atom. The van der Waals surface area contributed by atoms with Crippen molar-refractivity contribution in [2.45, 2.75) is 6.17 Å². The molecule has 10 aromatic rings. The average Bonchev–Trinajstić information content (AvgIpc) is 3.40. The SMILES string of the molecule is c1ccc(C2=NC(c3cccc4c(-n5c6ccc7cccc8oc9cccc%10ccc5c(c%109)c6c78)cccc34)Nc3ccccc32)cc1. The molecule has 2 aromatic heterocycles. The van der Waals surface area contributed by atoms with Crippen molar-refractivity contribution < 1.29 is 4.42 Å². The topological polar surface area (TPSA) is 42.5 Å². The highest BCUT2D eigenvalue weighted by molar-refractivity contribution is 6.33. The van der Waals surface area contributed by atoms with Crippen molar-refractivity contribution in [3.05, 3.63) is 168 Å². The van der Waals surface area contributed by atoms with Gasteiger partial charge >= 0.3 is 0 Å². The highest BCUT2D eigenvalue weighted by Gasteiger charge is 2.25. The van der Waals surface area contributed by atoms with Crippen LogP contribution >= 0.6 is 0 Å². The Balaban J connectivity index is 1.20. The Morgan fingerprint density at radius 2 is 1.17 bits per heavy atom. The van der Waals surface area contributed by atoms with Crippen LogP contribution in [0.25, 0.3) is 71.0 Å². The summed E-state index contributed by atoms with van der Waals surface area (Å²) in [5.41, 5.74) is 10.8. The van der Waals surface area contributed by atoms with E-state index in [9.17, 15) is 0 Å². The highest BCUT2D eigenvalue weighted by Crippen LogP contribution is 2.46. The second-order valence-electron chi connectivity index (χ2n) is 12.7. The number of fused-ring (bicyclic) bond motifs is 2. The van der Waals surface area contributed by atoms with Gasteiger partial charge in [0.15, 0.2) is 0 Å². The van der Waals surface area contributed by atoms with E-state index in [2.05, 4.69) is 162 Å². The molecule has 4 nitrogen and oxygen atoms in total. The molecule has 48 heavy (non-hydrogen) atoms. The van der Waals surface area contributed by atoms with Gasteiger partial charge in [-0.3, -0.25) is 4.99 Å². The molecule has 0 saturated heterocycles. The summed E-state index contributed by atoms with van der Waals surface area (Å²) in [6.45, 7) is 0. The zero-order valence-corrected chi connectivity index (χ0v) is 25.8. The summed E-state index contributed by atoms with van der Waals surface area (Å²) in [7, 11) is 0. The summed E-state index contributed by atoms with van der Waals surface area (Å²) >= 11 is 0. The number of anilines is 1. The van der Waals surface area contributed by atoms with Crippen molar-refractivity contribution in [3.63, 3.8) is 0 Å². The van der Waals surface area contributed by atoms with E-state index in [0.717, 1.165) is 55.7 Å². The molecule has 3 heterocycles. The number of benzene rings is 8. The van der Waals surface area contributed by atoms with Gasteiger partial charge in [0.05, 0.1) is 22.4 Å². The standard InChI is InChI=1S/C44H27N3O/c1-2-10-28(11-3-1)43-32-14-4-5-18-33(32)45-44(46-43)31-17-8-16-30-29(31)15-9-19-34(30)47-35-24-22-26-12-6-20-37-39(26)41(35)42-36(47)25-23-27-13-7-21-38(48-37)40(27)42/h1-25,44-45H. The third-order valence-corrected chi connectivity index (χ3v) is 10.2. The van der Waals surface area contributed by atoms with Gasteiger partial charge in [0.1, 0.15) is 17.3 Å². The first kappa shape index (κ1) is 25.8. The molecule has 0 aliphatic carbocycles. The molecule has 0 saturated carbocycles. The zero-order chi connectivity index (χ0) is 31.3. The van der Waals surface area contributed by atoms with Gasteiger partial charge in [-0.1, -0.05) is 115 Å². The second-order valence-corrected chi connectivity index (χ2v) is 12.7. The Morgan fingerprint density at radius 3 is 1.92 bits per heavy atom. The first-order valence-corrected chi connectivity index (χ1v) is 16.4. The van der Waals surface area contributed by atoms with Gasteiger partial charge < -0.3 is 14.3 Å². The van der Waals surface area contributed by atoms with E-state index in [-0.39, 0.29) is 6.17 Å². The molecule has 11 rings (SSSR count). The first-order valence-electron chi connectivity index (χ1n) is 16.4. The number of nitrogens with one attached hydrogen (secondary N) is 1. The number of rotatable bonds is 3. The molecular weight excluding hydrogens is 587 g/mol. The lowest BCUT2D eigenvalue weighted by atomic mass is 9.95. The van der Waals surface area contributed by atoms with E-state index in [1.807, 2.05) is 0 Å². The molecule has 4 heteroatoms.